The number of pyridine rings is 1. The Bertz CT molecular complexity index is 558. The second-order valence-electron chi connectivity index (χ2n) is 5.82. The van der Waals surface area contributed by atoms with E-state index in [2.05, 4.69) is 50.0 Å². The Kier molecular flexibility index (Phi) is 5.98. The summed E-state index contributed by atoms with van der Waals surface area (Å²) in [7, 11) is 0. The van der Waals surface area contributed by atoms with Gasteiger partial charge in [0.05, 0.1) is 5.69 Å². The molecule has 1 aromatic carbocycles. The molecule has 0 aliphatic rings. The predicted molar refractivity (Wildman–Crippen MR) is 91.6 cm³/mol. The predicted octanol–water partition coefficient (Wildman–Crippen LogP) is 5.74. The molecule has 1 heteroatoms. The zero-order valence-electron chi connectivity index (χ0n) is 13.7. The van der Waals surface area contributed by atoms with Gasteiger partial charge >= 0.3 is 0 Å². The average Bonchev–Trinajstić information content (AvgIpc) is 2.53. The fraction of sp³-hybridized carbons (Fsp3) is 0.450. The first-order valence-corrected chi connectivity index (χ1v) is 8.30. The second-order valence-corrected chi connectivity index (χ2v) is 5.82. The lowest BCUT2D eigenvalue weighted by atomic mass is 9.89. The van der Waals surface area contributed by atoms with Gasteiger partial charge in [0.15, 0.2) is 0 Å². The fourth-order valence-corrected chi connectivity index (χ4v) is 2.88. The molecule has 0 atom stereocenters. The molecule has 1 heterocycles. The Morgan fingerprint density at radius 3 is 2.33 bits per heavy atom. The highest BCUT2D eigenvalue weighted by Crippen LogP contribution is 2.31. The largest absolute Gasteiger partial charge is 0.256 e. The van der Waals surface area contributed by atoms with Crippen molar-refractivity contribution in [1.82, 2.24) is 4.98 Å². The molecule has 112 valence electrons. The summed E-state index contributed by atoms with van der Waals surface area (Å²) >= 11 is 0. The van der Waals surface area contributed by atoms with E-state index in [1.165, 1.54) is 47.9 Å². The third kappa shape index (κ3) is 3.93. The highest BCUT2D eigenvalue weighted by atomic mass is 14.7. The van der Waals surface area contributed by atoms with Crippen molar-refractivity contribution >= 4 is 0 Å². The maximum Gasteiger partial charge on any atom is 0.0707 e. The van der Waals surface area contributed by atoms with Crippen LogP contribution in [0, 0.1) is 6.92 Å². The van der Waals surface area contributed by atoms with Gasteiger partial charge in [0.2, 0.25) is 0 Å². The van der Waals surface area contributed by atoms with Gasteiger partial charge in [-0.2, -0.15) is 0 Å². The molecule has 0 bridgehead atoms. The van der Waals surface area contributed by atoms with Gasteiger partial charge in [-0.1, -0.05) is 44.9 Å². The lowest BCUT2D eigenvalue weighted by molar-refractivity contribution is 0.779. The van der Waals surface area contributed by atoms with Gasteiger partial charge in [0.25, 0.3) is 0 Å². The van der Waals surface area contributed by atoms with E-state index >= 15 is 0 Å². The number of benzene rings is 1. The van der Waals surface area contributed by atoms with E-state index in [1.807, 2.05) is 12.3 Å². The minimum atomic E-state index is 1.14. The van der Waals surface area contributed by atoms with Crippen LogP contribution in [0.5, 0.6) is 0 Å². The zero-order chi connectivity index (χ0) is 15.1. The topological polar surface area (TPSA) is 12.9 Å². The third-order valence-corrected chi connectivity index (χ3v) is 4.13. The molecule has 0 fully saturated rings. The SMILES string of the molecule is CCCCc1ccc(C)c(CCCC)c1-c1ccccn1. The molecule has 21 heavy (non-hydrogen) atoms. The lowest BCUT2D eigenvalue weighted by Gasteiger charge is -2.17. The van der Waals surface area contributed by atoms with Crippen LogP contribution in [0.2, 0.25) is 0 Å². The molecule has 0 amide bonds. The summed E-state index contributed by atoms with van der Waals surface area (Å²) in [6.45, 7) is 6.75. The smallest absolute Gasteiger partial charge is 0.0707 e. The third-order valence-electron chi connectivity index (χ3n) is 4.13. The Labute approximate surface area is 129 Å². The van der Waals surface area contributed by atoms with Crippen molar-refractivity contribution in [3.05, 3.63) is 53.2 Å². The van der Waals surface area contributed by atoms with Crippen LogP contribution >= 0.6 is 0 Å². The Morgan fingerprint density at radius 1 is 0.905 bits per heavy atom. The second kappa shape index (κ2) is 7.97. The number of nitrogens with zero attached hydrogens (tertiary/aromatic N) is 1. The first kappa shape index (κ1) is 15.8. The van der Waals surface area contributed by atoms with Crippen LogP contribution in [-0.4, -0.2) is 4.98 Å². The maximum atomic E-state index is 4.63. The minimum absolute atomic E-state index is 1.14. The van der Waals surface area contributed by atoms with Crippen LogP contribution in [-0.2, 0) is 12.8 Å². The summed E-state index contributed by atoms with van der Waals surface area (Å²) in [4.78, 5) is 4.63. The molecular formula is C20H27N. The molecule has 0 aliphatic heterocycles. The fourth-order valence-electron chi connectivity index (χ4n) is 2.88. The molecule has 0 saturated carbocycles. The van der Waals surface area contributed by atoms with Crippen molar-refractivity contribution in [1.29, 1.82) is 0 Å². The van der Waals surface area contributed by atoms with Gasteiger partial charge in [-0.25, -0.2) is 0 Å². The van der Waals surface area contributed by atoms with Crippen LogP contribution in [0.15, 0.2) is 36.5 Å². The van der Waals surface area contributed by atoms with Gasteiger partial charge in [0.1, 0.15) is 0 Å². The highest BCUT2D eigenvalue weighted by Gasteiger charge is 2.13. The minimum Gasteiger partial charge on any atom is -0.256 e. The summed E-state index contributed by atoms with van der Waals surface area (Å²) < 4.78 is 0. The maximum absolute atomic E-state index is 4.63. The summed E-state index contributed by atoms with van der Waals surface area (Å²) in [5.74, 6) is 0. The summed E-state index contributed by atoms with van der Waals surface area (Å²) in [6, 6.07) is 10.8. The number of hydrogen-bond donors (Lipinski definition) is 0. The molecule has 2 rings (SSSR count). The number of hydrogen-bond acceptors (Lipinski definition) is 1. The van der Waals surface area contributed by atoms with Crippen molar-refractivity contribution in [3.8, 4) is 11.3 Å². The van der Waals surface area contributed by atoms with E-state index in [0.29, 0.717) is 0 Å². The van der Waals surface area contributed by atoms with Crippen LogP contribution < -0.4 is 0 Å². The zero-order valence-corrected chi connectivity index (χ0v) is 13.7. The summed E-state index contributed by atoms with van der Waals surface area (Å²) in [5.41, 5.74) is 6.91. The molecule has 1 aromatic heterocycles. The van der Waals surface area contributed by atoms with Crippen molar-refractivity contribution in [2.45, 2.75) is 59.3 Å². The molecule has 1 nitrogen and oxygen atoms in total. The van der Waals surface area contributed by atoms with Crippen molar-refractivity contribution in [2.75, 3.05) is 0 Å². The Balaban J connectivity index is 2.51. The first-order valence-electron chi connectivity index (χ1n) is 8.30. The van der Waals surface area contributed by atoms with Gasteiger partial charge in [-0.3, -0.25) is 4.98 Å². The summed E-state index contributed by atoms with van der Waals surface area (Å²) in [6.07, 6.45) is 9.19. The van der Waals surface area contributed by atoms with E-state index in [9.17, 15) is 0 Å². The summed E-state index contributed by atoms with van der Waals surface area (Å²) in [5, 5.41) is 0. The van der Waals surface area contributed by atoms with E-state index in [0.717, 1.165) is 18.5 Å². The molecule has 2 aromatic rings. The lowest BCUT2D eigenvalue weighted by Crippen LogP contribution is -2.01. The molecule has 0 aliphatic carbocycles. The number of rotatable bonds is 7. The molecule has 0 saturated heterocycles. The molecule has 0 N–H and O–H groups in total. The van der Waals surface area contributed by atoms with Gasteiger partial charge in [-0.05, 0) is 61.4 Å². The van der Waals surface area contributed by atoms with E-state index in [4.69, 9.17) is 0 Å². The molecule has 0 unspecified atom stereocenters. The van der Waals surface area contributed by atoms with Crippen LogP contribution in [0.3, 0.4) is 0 Å². The van der Waals surface area contributed by atoms with Gasteiger partial charge in [0, 0.05) is 11.8 Å². The Hall–Kier alpha value is -1.63. The van der Waals surface area contributed by atoms with Crippen LogP contribution in [0.4, 0.5) is 0 Å². The van der Waals surface area contributed by atoms with E-state index in [1.54, 1.807) is 0 Å². The van der Waals surface area contributed by atoms with E-state index < -0.39 is 0 Å². The standard InChI is InChI=1S/C20H27N/c1-4-6-10-17-14-13-16(3)18(11-7-5-2)20(17)19-12-8-9-15-21-19/h8-9,12-15H,4-7,10-11H2,1-3H3. The van der Waals surface area contributed by atoms with Gasteiger partial charge in [-0.15, -0.1) is 0 Å². The van der Waals surface area contributed by atoms with Crippen LogP contribution in [0.1, 0.15) is 56.2 Å². The Morgan fingerprint density at radius 2 is 1.67 bits per heavy atom. The normalized spacial score (nSPS) is 10.8. The molecular weight excluding hydrogens is 254 g/mol. The first-order chi connectivity index (χ1) is 10.3. The van der Waals surface area contributed by atoms with Gasteiger partial charge < -0.3 is 0 Å². The average molecular weight is 281 g/mol. The van der Waals surface area contributed by atoms with Crippen molar-refractivity contribution < 1.29 is 0 Å². The van der Waals surface area contributed by atoms with Crippen molar-refractivity contribution in [2.24, 2.45) is 0 Å². The molecule has 0 spiro atoms. The quantitative estimate of drug-likeness (QED) is 0.630. The van der Waals surface area contributed by atoms with E-state index in [-0.39, 0.29) is 0 Å². The number of aromatic nitrogens is 1. The molecule has 0 radical (unpaired) electrons. The number of unbranched alkanes of at least 4 members (excludes halogenated alkanes) is 2. The highest BCUT2D eigenvalue weighted by molar-refractivity contribution is 5.69. The number of aryl methyl sites for hydroxylation is 2. The van der Waals surface area contributed by atoms with Crippen LogP contribution in [0.25, 0.3) is 11.3 Å². The van der Waals surface area contributed by atoms with Crippen molar-refractivity contribution in [3.63, 3.8) is 0 Å². The monoisotopic (exact) mass is 281 g/mol.